The highest BCUT2D eigenvalue weighted by Gasteiger charge is 2.47. The number of aryl methyl sites for hydroxylation is 2. The van der Waals surface area contributed by atoms with Crippen molar-refractivity contribution in [3.8, 4) is 57.1 Å². The molecule has 2 saturated heterocycles. The minimum absolute atomic E-state index is 0.0868. The number of pyridine rings is 2. The molecule has 26 heteroatoms. The molecule has 10 heterocycles. The molecule has 2 atom stereocenters. The molecule has 0 aliphatic carbocycles. The summed E-state index contributed by atoms with van der Waals surface area (Å²) in [5.41, 5.74) is 10.5. The SMILES string of the molecule is [2H]C([2H])(C(=O)N1CC=C(c2ccc(-c3ncn(C)n3)cc2)CC1)N1CC[C@@](OC)(C(=O)Nc2ccc3[nH]nc(-c4ccnc(OC)c4)c3c2)C1.[2H]C([2H])(C(=O)N1CC=C(c2ccc(-c3ncn(C)n3)cc2)CC1)N1CC[C@@](SC)(C(=O)Nc2ccc3[nH]nc(-c4ccnc(OC)c4)c3c2)C1. The van der Waals surface area contributed by atoms with E-state index in [1.807, 2.05) is 123 Å². The molecule has 0 saturated carbocycles. The van der Waals surface area contributed by atoms with E-state index in [1.165, 1.54) is 33.6 Å². The Hall–Kier alpha value is -10.4. The Labute approximate surface area is 564 Å². The molecule has 0 unspecified atom stereocenters. The first-order valence-electron chi connectivity index (χ1n) is 33.3. The largest absolute Gasteiger partial charge is 0.481 e. The Morgan fingerprint density at radius 3 is 1.47 bits per heavy atom. The standard InChI is InChI=1S/C35H37N9O4.C35H37N9O3S/c2*1-42-22-37-33(41-42)25-6-4-23(5-7-25)24-11-15-44(16-12-24)31(45)20-43-17-13-35(21-43,48-3)34(46)38-27-8-9-29-28(19-27)32(40-39-29)26-10-14-36-30(18-26)47-2/h2*4-11,14,18-19,22H,12-13,15-17,20-21H2,1-3H3,(H,38,46)(H,39,40)/t2*35-/m00/s1/i2*20D2. The van der Waals surface area contributed by atoms with Crippen LogP contribution in [0.1, 0.15) is 42.3 Å². The first kappa shape index (κ1) is 59.3. The summed E-state index contributed by atoms with van der Waals surface area (Å²) in [6.45, 7) is -2.78. The van der Waals surface area contributed by atoms with E-state index in [-0.39, 0.29) is 45.1 Å². The van der Waals surface area contributed by atoms with Gasteiger partial charge in [0.05, 0.1) is 43.7 Å². The van der Waals surface area contributed by atoms with Gasteiger partial charge in [0, 0.05) is 142 Å². The summed E-state index contributed by atoms with van der Waals surface area (Å²) in [6, 6.07) is 34.2. The molecule has 4 aromatic carbocycles. The Morgan fingerprint density at radius 2 is 1.03 bits per heavy atom. The van der Waals surface area contributed by atoms with Crippen LogP contribution in [0.25, 0.3) is 78.2 Å². The number of aromatic nitrogens is 12. The van der Waals surface area contributed by atoms with Gasteiger partial charge in [-0.15, -0.1) is 11.8 Å². The average molecular weight is 1320 g/mol. The van der Waals surface area contributed by atoms with Crippen molar-refractivity contribution in [3.05, 3.63) is 158 Å². The van der Waals surface area contributed by atoms with Crippen molar-refractivity contribution in [2.45, 2.75) is 36.0 Å². The van der Waals surface area contributed by atoms with E-state index in [4.69, 9.17) is 19.7 Å². The fraction of sp³-hybridized carbons (Fsp3) is 0.314. The third kappa shape index (κ3) is 13.8. The predicted molar refractivity (Wildman–Crippen MR) is 368 cm³/mol. The molecule has 4 aliphatic rings. The maximum absolute atomic E-state index is 13.9. The predicted octanol–water partition coefficient (Wildman–Crippen LogP) is 8.27. The van der Waals surface area contributed by atoms with Gasteiger partial charge in [-0.1, -0.05) is 60.7 Å². The zero-order valence-electron chi connectivity index (χ0n) is 57.9. The maximum Gasteiger partial charge on any atom is 0.258 e. The number of anilines is 2. The number of methoxy groups -OCH3 is 3. The van der Waals surface area contributed by atoms with Gasteiger partial charge in [0.25, 0.3) is 5.91 Å². The van der Waals surface area contributed by atoms with Gasteiger partial charge in [-0.3, -0.25) is 48.5 Å². The van der Waals surface area contributed by atoms with E-state index in [0.29, 0.717) is 85.1 Å². The number of amides is 4. The number of nitrogens with one attached hydrogen (secondary N) is 4. The number of aromatic amines is 2. The lowest BCUT2D eigenvalue weighted by atomic mass is 9.98. The lowest BCUT2D eigenvalue weighted by Crippen LogP contribution is -2.48. The second kappa shape index (κ2) is 27.9. The van der Waals surface area contributed by atoms with Gasteiger partial charge < -0.3 is 34.6 Å². The second-order valence-electron chi connectivity index (χ2n) is 23.8. The molecular formula is C70H74N18O7S. The van der Waals surface area contributed by atoms with Crippen LogP contribution in [0.15, 0.2) is 146 Å². The van der Waals surface area contributed by atoms with Gasteiger partial charge in [0.2, 0.25) is 29.5 Å². The van der Waals surface area contributed by atoms with Gasteiger partial charge in [-0.25, -0.2) is 19.9 Å². The molecular weight excluding hydrogens is 1240 g/mol. The minimum atomic E-state index is -2.33. The van der Waals surface area contributed by atoms with E-state index in [0.717, 1.165) is 66.3 Å². The zero-order valence-corrected chi connectivity index (χ0v) is 54.7. The number of hydrogen-bond acceptors (Lipinski definition) is 18. The first-order chi connectivity index (χ1) is 48.2. The topological polar surface area (TPSA) is 278 Å². The zero-order chi connectivity index (χ0) is 70.1. The summed E-state index contributed by atoms with van der Waals surface area (Å²) in [5.74, 6) is 0.356. The van der Waals surface area contributed by atoms with Crippen molar-refractivity contribution < 1.29 is 38.9 Å². The Morgan fingerprint density at radius 1 is 0.562 bits per heavy atom. The summed E-state index contributed by atoms with van der Waals surface area (Å²) in [7, 11) is 8.19. The van der Waals surface area contributed by atoms with Crippen LogP contribution < -0.4 is 20.1 Å². The van der Waals surface area contributed by atoms with E-state index in [9.17, 15) is 19.2 Å². The summed E-state index contributed by atoms with van der Waals surface area (Å²) in [6.07, 6.45) is 14.2. The molecule has 492 valence electrons. The second-order valence-corrected chi connectivity index (χ2v) is 25.0. The van der Waals surface area contributed by atoms with Crippen LogP contribution in [-0.2, 0) is 38.0 Å². The van der Waals surface area contributed by atoms with Crippen LogP contribution in [0.5, 0.6) is 11.8 Å². The van der Waals surface area contributed by atoms with Crippen molar-refractivity contribution in [1.29, 1.82) is 0 Å². The molecule has 4 N–H and O–H groups in total. The molecule has 0 radical (unpaired) electrons. The number of fused-ring (bicyclic) bond motifs is 2. The number of hydrogen-bond donors (Lipinski definition) is 4. The van der Waals surface area contributed by atoms with Gasteiger partial charge in [-0.05, 0) is 103 Å². The normalized spacial score (nSPS) is 19.1. The highest BCUT2D eigenvalue weighted by molar-refractivity contribution is 8.00. The highest BCUT2D eigenvalue weighted by atomic mass is 32.2. The van der Waals surface area contributed by atoms with Crippen LogP contribution in [-0.4, -0.2) is 206 Å². The van der Waals surface area contributed by atoms with Gasteiger partial charge in [0.15, 0.2) is 17.2 Å². The Kier molecular flexibility index (Phi) is 17.2. The lowest BCUT2D eigenvalue weighted by Gasteiger charge is -2.30. The maximum atomic E-state index is 13.9. The van der Waals surface area contributed by atoms with E-state index in [1.54, 1.807) is 71.7 Å². The molecule has 96 heavy (non-hydrogen) atoms. The van der Waals surface area contributed by atoms with Crippen LogP contribution in [0.2, 0.25) is 0 Å². The van der Waals surface area contributed by atoms with Crippen molar-refractivity contribution >= 4 is 79.7 Å². The number of rotatable bonds is 18. The number of likely N-dealkylation sites (tertiary alicyclic amines) is 2. The summed E-state index contributed by atoms with van der Waals surface area (Å²) in [4.78, 5) is 77.8. The number of H-pyrrole nitrogens is 2. The molecule has 4 amide bonds. The highest BCUT2D eigenvalue weighted by Crippen LogP contribution is 2.38. The van der Waals surface area contributed by atoms with Crippen molar-refractivity contribution in [3.63, 3.8) is 0 Å². The molecule has 14 rings (SSSR count). The quantitative estimate of drug-likeness (QED) is 0.0629. The Bertz CT molecular complexity index is 4490. The lowest BCUT2D eigenvalue weighted by molar-refractivity contribution is -0.138. The van der Waals surface area contributed by atoms with Crippen LogP contribution in [0.3, 0.4) is 0 Å². The number of ether oxygens (including phenoxy) is 3. The molecule has 0 bridgehead atoms. The van der Waals surface area contributed by atoms with Crippen molar-refractivity contribution in [1.82, 2.24) is 79.5 Å². The molecule has 2 fully saturated rings. The number of nitrogens with zero attached hydrogens (tertiary/aromatic N) is 14. The number of carbonyl (C=O) groups is 4. The fourth-order valence-corrected chi connectivity index (χ4v) is 13.2. The number of carbonyl (C=O) groups excluding carboxylic acids is 4. The van der Waals surface area contributed by atoms with Gasteiger partial charge >= 0.3 is 0 Å². The minimum Gasteiger partial charge on any atom is -0.481 e. The van der Waals surface area contributed by atoms with Crippen LogP contribution >= 0.6 is 11.8 Å². The van der Waals surface area contributed by atoms with Gasteiger partial charge in [0.1, 0.15) is 28.8 Å². The first-order valence-corrected chi connectivity index (χ1v) is 32.5. The number of thioether (sulfide) groups is 1. The summed E-state index contributed by atoms with van der Waals surface area (Å²) < 4.78 is 54.2. The monoisotopic (exact) mass is 1310 g/mol. The fourth-order valence-electron chi connectivity index (χ4n) is 12.3. The van der Waals surface area contributed by atoms with E-state index < -0.39 is 41.1 Å². The molecule has 0 spiro atoms. The van der Waals surface area contributed by atoms with Gasteiger partial charge in [-0.2, -0.15) is 20.4 Å². The van der Waals surface area contributed by atoms with Crippen LogP contribution in [0, 0.1) is 0 Å². The van der Waals surface area contributed by atoms with Crippen LogP contribution in [0.4, 0.5) is 11.4 Å². The molecule has 4 aliphatic heterocycles. The molecule has 10 aromatic rings. The summed E-state index contributed by atoms with van der Waals surface area (Å²) in [5, 5.41) is 31.3. The number of benzene rings is 4. The van der Waals surface area contributed by atoms with E-state index in [2.05, 4.69) is 61.2 Å². The third-order valence-corrected chi connectivity index (χ3v) is 19.2. The van der Waals surface area contributed by atoms with E-state index >= 15 is 0 Å². The third-order valence-electron chi connectivity index (χ3n) is 17.9. The van der Waals surface area contributed by atoms with Crippen molar-refractivity contribution in [2.75, 3.05) is 104 Å². The molecule has 25 nitrogen and oxygen atoms in total. The summed E-state index contributed by atoms with van der Waals surface area (Å²) >= 11 is 1.38. The Balaban J connectivity index is 0.000000179. The molecule has 6 aromatic heterocycles. The smallest absolute Gasteiger partial charge is 0.258 e. The average Bonchev–Trinajstić information content (AvgIpc) is 1.58. The van der Waals surface area contributed by atoms with Crippen molar-refractivity contribution in [2.24, 2.45) is 14.1 Å².